The van der Waals surface area contributed by atoms with Crippen LogP contribution in [-0.2, 0) is 11.8 Å². The van der Waals surface area contributed by atoms with Gasteiger partial charge in [-0.3, -0.25) is 0 Å². The van der Waals surface area contributed by atoms with Crippen LogP contribution in [0.2, 0.25) is 0 Å². The maximum Gasteiger partial charge on any atom is 0.256 e. The summed E-state index contributed by atoms with van der Waals surface area (Å²) in [5.74, 6) is 1.89. The molecule has 0 unspecified atom stereocenters. The molecular weight excluding hydrogens is 673 g/mol. The fourth-order valence-corrected chi connectivity index (χ4v) is 9.98. The summed E-state index contributed by atoms with van der Waals surface area (Å²) in [7, 11) is 0. The lowest BCUT2D eigenvalue weighted by molar-refractivity contribution is 0.483. The lowest BCUT2D eigenvalue weighted by Gasteiger charge is -2.42. The molecule has 0 bridgehead atoms. The highest BCUT2D eigenvalue weighted by Gasteiger charge is 2.43. The number of thiophene rings is 1. The first-order chi connectivity index (χ1) is 26.4. The van der Waals surface area contributed by atoms with Gasteiger partial charge in [0.1, 0.15) is 11.5 Å². The zero-order valence-corrected chi connectivity index (χ0v) is 32.1. The van der Waals surface area contributed by atoms with Crippen molar-refractivity contribution in [3.8, 4) is 33.8 Å². The van der Waals surface area contributed by atoms with Gasteiger partial charge in [0.05, 0.1) is 5.69 Å². The van der Waals surface area contributed by atoms with Gasteiger partial charge in [-0.1, -0.05) is 143 Å². The first kappa shape index (κ1) is 33.0. The SMILES string of the molecule is CCCCc1c(N2c3ccc(-c4ccccc4)cc3B3c4cc(-c5ccccc5)ccc4Oc4cc(C(C)(C)C)cc2c43)ccc2c1sc1ccccc12. The average Bonchev–Trinajstić information content (AvgIpc) is 3.59. The predicted octanol–water partition coefficient (Wildman–Crippen LogP) is 12.4. The van der Waals surface area contributed by atoms with E-state index in [1.54, 1.807) is 0 Å². The van der Waals surface area contributed by atoms with Crippen molar-refractivity contribution in [2.45, 2.75) is 52.4 Å². The monoisotopic (exact) mass is 715 g/mol. The van der Waals surface area contributed by atoms with Crippen molar-refractivity contribution < 1.29 is 4.74 Å². The lowest BCUT2D eigenvalue weighted by atomic mass is 9.34. The number of nitrogens with zero attached hydrogens (tertiary/aromatic N) is 1. The Hall–Kier alpha value is -5.58. The van der Waals surface area contributed by atoms with Gasteiger partial charge in [-0.25, -0.2) is 0 Å². The van der Waals surface area contributed by atoms with E-state index >= 15 is 0 Å². The van der Waals surface area contributed by atoms with Crippen LogP contribution in [0.1, 0.15) is 51.7 Å². The first-order valence-electron chi connectivity index (χ1n) is 19.4. The van der Waals surface area contributed by atoms with E-state index in [0.29, 0.717) is 0 Å². The average molecular weight is 716 g/mol. The highest BCUT2D eigenvalue weighted by atomic mass is 32.1. The Labute approximate surface area is 322 Å². The largest absolute Gasteiger partial charge is 0.458 e. The number of fused-ring (bicyclic) bond motifs is 7. The zero-order chi connectivity index (χ0) is 36.6. The molecule has 2 aliphatic rings. The molecule has 262 valence electrons. The van der Waals surface area contributed by atoms with Crippen molar-refractivity contribution in [2.24, 2.45) is 0 Å². The van der Waals surface area contributed by atoms with Crippen LogP contribution in [0, 0.1) is 0 Å². The first-order valence-corrected chi connectivity index (χ1v) is 20.2. The molecule has 3 heterocycles. The van der Waals surface area contributed by atoms with Crippen LogP contribution in [-0.4, -0.2) is 6.71 Å². The molecule has 0 saturated heterocycles. The molecule has 54 heavy (non-hydrogen) atoms. The van der Waals surface area contributed by atoms with E-state index in [-0.39, 0.29) is 12.1 Å². The van der Waals surface area contributed by atoms with Crippen LogP contribution >= 0.6 is 11.3 Å². The topological polar surface area (TPSA) is 12.5 Å². The van der Waals surface area contributed by atoms with E-state index in [2.05, 4.69) is 178 Å². The second-order valence-electron chi connectivity index (χ2n) is 15.9. The van der Waals surface area contributed by atoms with Crippen molar-refractivity contribution in [2.75, 3.05) is 4.90 Å². The third kappa shape index (κ3) is 5.30. The highest BCUT2D eigenvalue weighted by molar-refractivity contribution is 7.26. The van der Waals surface area contributed by atoms with Crippen molar-refractivity contribution in [3.63, 3.8) is 0 Å². The summed E-state index contributed by atoms with van der Waals surface area (Å²) in [5.41, 5.74) is 15.0. The fraction of sp³-hybridized carbons (Fsp3) is 0.160. The Morgan fingerprint density at radius 3 is 1.98 bits per heavy atom. The minimum absolute atomic E-state index is 0.00140. The van der Waals surface area contributed by atoms with Crippen LogP contribution < -0.4 is 26.0 Å². The number of rotatable bonds is 6. The third-order valence-corrected chi connectivity index (χ3v) is 12.7. The molecule has 7 aromatic carbocycles. The minimum atomic E-state index is -0.0780. The fourth-order valence-electron chi connectivity index (χ4n) is 8.71. The van der Waals surface area contributed by atoms with E-state index in [9.17, 15) is 0 Å². The maximum absolute atomic E-state index is 7.05. The maximum atomic E-state index is 7.05. The molecule has 0 radical (unpaired) electrons. The number of hydrogen-bond acceptors (Lipinski definition) is 3. The zero-order valence-electron chi connectivity index (χ0n) is 31.3. The molecule has 0 amide bonds. The Morgan fingerprint density at radius 2 is 1.26 bits per heavy atom. The summed E-state index contributed by atoms with van der Waals surface area (Å²) >= 11 is 1.94. The van der Waals surface area contributed by atoms with Gasteiger partial charge in [-0.2, -0.15) is 0 Å². The summed E-state index contributed by atoms with van der Waals surface area (Å²) in [6.45, 7) is 9.23. The molecule has 0 aliphatic carbocycles. The van der Waals surface area contributed by atoms with Crippen molar-refractivity contribution in [1.29, 1.82) is 0 Å². The van der Waals surface area contributed by atoms with E-state index in [1.807, 2.05) is 11.3 Å². The van der Waals surface area contributed by atoms with Gasteiger partial charge >= 0.3 is 0 Å². The third-order valence-electron chi connectivity index (χ3n) is 11.5. The molecule has 2 nitrogen and oxygen atoms in total. The molecule has 0 N–H and O–H groups in total. The molecule has 4 heteroatoms. The van der Waals surface area contributed by atoms with Crippen LogP contribution in [0.3, 0.4) is 0 Å². The van der Waals surface area contributed by atoms with E-state index in [0.717, 1.165) is 30.8 Å². The molecule has 0 fully saturated rings. The number of aryl methyl sites for hydroxylation is 1. The van der Waals surface area contributed by atoms with Gasteiger partial charge in [0.15, 0.2) is 0 Å². The summed E-state index contributed by atoms with van der Waals surface area (Å²) in [5, 5.41) is 2.70. The van der Waals surface area contributed by atoms with Gasteiger partial charge in [0.2, 0.25) is 0 Å². The molecule has 0 saturated carbocycles. The van der Waals surface area contributed by atoms with Crippen LogP contribution in [0.15, 0.2) is 146 Å². The van der Waals surface area contributed by atoms with Gasteiger partial charge in [-0.05, 0) is 104 Å². The van der Waals surface area contributed by atoms with Crippen molar-refractivity contribution in [1.82, 2.24) is 0 Å². The number of unbranched alkanes of at least 4 members (excludes halogenated alkanes) is 1. The Bertz CT molecular complexity index is 2730. The van der Waals surface area contributed by atoms with E-state index in [4.69, 9.17) is 4.74 Å². The molecule has 10 rings (SSSR count). The second kappa shape index (κ2) is 12.8. The van der Waals surface area contributed by atoms with Gasteiger partial charge in [-0.15, -0.1) is 11.3 Å². The number of ether oxygens (including phenoxy) is 1. The molecule has 1 aromatic heterocycles. The summed E-state index contributed by atoms with van der Waals surface area (Å²) in [6.07, 6.45) is 3.30. The van der Waals surface area contributed by atoms with Crippen molar-refractivity contribution >= 4 is 71.7 Å². The Kier molecular flexibility index (Phi) is 7.82. The lowest BCUT2D eigenvalue weighted by Crippen LogP contribution is -2.59. The molecule has 8 aromatic rings. The summed E-state index contributed by atoms with van der Waals surface area (Å²) in [6, 6.07) is 54.0. The Morgan fingerprint density at radius 1 is 0.593 bits per heavy atom. The molecule has 0 atom stereocenters. The standard InChI is InChI=1S/C50H42BNOS/c1-5-6-19-39-42(26-24-38-37-20-13-14-21-47(37)54-49(38)39)52-43-25-22-34(32-15-9-7-10-16-32)28-40(43)51-41-29-35(33-17-11-8-12-18-33)23-27-45(41)53-46-31-36(50(2,3)4)30-44(52)48(46)51/h7-18,20-31H,5-6,19H2,1-4H3. The van der Waals surface area contributed by atoms with Crippen LogP contribution in [0.4, 0.5) is 17.1 Å². The number of anilines is 3. The smallest absolute Gasteiger partial charge is 0.256 e. The number of benzene rings is 7. The number of hydrogen-bond donors (Lipinski definition) is 0. The van der Waals surface area contributed by atoms with Gasteiger partial charge in [0, 0.05) is 31.5 Å². The van der Waals surface area contributed by atoms with E-state index < -0.39 is 0 Å². The summed E-state index contributed by atoms with van der Waals surface area (Å²) < 4.78 is 9.80. The van der Waals surface area contributed by atoms with E-state index in [1.165, 1.54) is 87.0 Å². The molecular formula is C50H42BNOS. The minimum Gasteiger partial charge on any atom is -0.458 e. The predicted molar refractivity (Wildman–Crippen MR) is 233 cm³/mol. The highest BCUT2D eigenvalue weighted by Crippen LogP contribution is 2.48. The summed E-state index contributed by atoms with van der Waals surface area (Å²) in [4.78, 5) is 2.60. The second-order valence-corrected chi connectivity index (χ2v) is 17.0. The quantitative estimate of drug-likeness (QED) is 0.159. The van der Waals surface area contributed by atoms with Gasteiger partial charge < -0.3 is 9.64 Å². The molecule has 2 aliphatic heterocycles. The van der Waals surface area contributed by atoms with Crippen molar-refractivity contribution in [3.05, 3.63) is 157 Å². The Balaban J connectivity index is 1.29. The van der Waals surface area contributed by atoms with Crippen LogP contribution in [0.25, 0.3) is 42.4 Å². The normalized spacial score (nSPS) is 13.1. The van der Waals surface area contributed by atoms with Gasteiger partial charge in [0.25, 0.3) is 6.71 Å². The molecule has 0 spiro atoms. The van der Waals surface area contributed by atoms with Crippen LogP contribution in [0.5, 0.6) is 11.5 Å².